The van der Waals surface area contributed by atoms with E-state index in [-0.39, 0.29) is 6.61 Å². The van der Waals surface area contributed by atoms with Crippen molar-refractivity contribution in [2.75, 3.05) is 6.61 Å². The lowest BCUT2D eigenvalue weighted by atomic mass is 9.85. The molecule has 5 nitrogen and oxygen atoms in total. The predicted molar refractivity (Wildman–Crippen MR) is 133 cm³/mol. The number of rotatable bonds is 7. The van der Waals surface area contributed by atoms with Gasteiger partial charge in [-0.1, -0.05) is 66.6 Å². The Morgan fingerprint density at radius 1 is 1.16 bits per heavy atom. The topological polar surface area (TPSA) is 70.9 Å². The molecule has 0 saturated heterocycles. The molecule has 0 fully saturated rings. The van der Waals surface area contributed by atoms with Gasteiger partial charge in [-0.25, -0.2) is 5.43 Å². The van der Waals surface area contributed by atoms with Gasteiger partial charge in [-0.15, -0.1) is 6.42 Å². The molecule has 0 saturated carbocycles. The number of benzene rings is 3. The van der Waals surface area contributed by atoms with Gasteiger partial charge in [0.15, 0.2) is 5.60 Å². The summed E-state index contributed by atoms with van der Waals surface area (Å²) in [5.41, 5.74) is 2.19. The number of nitrogens with zero attached hydrogens (tertiary/aromatic N) is 1. The molecule has 0 aliphatic heterocycles. The summed E-state index contributed by atoms with van der Waals surface area (Å²) in [7, 11) is 0. The van der Waals surface area contributed by atoms with Gasteiger partial charge in [-0.3, -0.25) is 4.79 Å². The van der Waals surface area contributed by atoms with Crippen LogP contribution in [0.3, 0.4) is 0 Å². The Balaban J connectivity index is 1.84. The third kappa shape index (κ3) is 5.34. The van der Waals surface area contributed by atoms with Crippen molar-refractivity contribution in [3.8, 4) is 18.1 Å². The quantitative estimate of drug-likeness (QED) is 0.185. The number of carbonyl (C=O) groups excluding carboxylic acids is 1. The fraction of sp³-hybridized carbons (Fsp3) is 0.0833. The molecule has 0 aliphatic rings. The first kappa shape index (κ1) is 23.0. The second-order valence-corrected chi connectivity index (χ2v) is 8.46. The molecular weight excluding hydrogens is 571 g/mol. The Bertz CT molecular complexity index is 1070. The standard InChI is InChI=1S/C24H18BrIN2O3/c1-2-13-31-22-20(25)14-17(15-21(22)26)16-27-28-23(29)24(30,18-9-5-3-6-10-18)19-11-7-4-8-12-19/h1,3-12,14-16,30H,13H2,(H,28,29)/b27-16+. The molecule has 0 radical (unpaired) electrons. The number of hydrogen-bond donors (Lipinski definition) is 2. The Labute approximate surface area is 202 Å². The zero-order chi connectivity index (χ0) is 22.3. The van der Waals surface area contributed by atoms with E-state index < -0.39 is 11.5 Å². The molecule has 1 amide bonds. The van der Waals surface area contributed by atoms with E-state index in [0.29, 0.717) is 21.3 Å². The predicted octanol–water partition coefficient (Wildman–Crippen LogP) is 4.45. The second-order valence-electron chi connectivity index (χ2n) is 6.45. The maximum atomic E-state index is 13.0. The maximum absolute atomic E-state index is 13.0. The van der Waals surface area contributed by atoms with Gasteiger partial charge in [0, 0.05) is 0 Å². The van der Waals surface area contributed by atoms with E-state index >= 15 is 0 Å². The van der Waals surface area contributed by atoms with Crippen LogP contribution >= 0.6 is 38.5 Å². The van der Waals surface area contributed by atoms with Crippen molar-refractivity contribution in [3.05, 3.63) is 97.5 Å². The summed E-state index contributed by atoms with van der Waals surface area (Å²) in [6.45, 7) is 0.162. The zero-order valence-electron chi connectivity index (χ0n) is 16.3. The lowest BCUT2D eigenvalue weighted by molar-refractivity contribution is -0.136. The number of halogens is 2. The maximum Gasteiger partial charge on any atom is 0.281 e. The lowest BCUT2D eigenvalue weighted by Gasteiger charge is -2.27. The number of ether oxygens (including phenoxy) is 1. The number of carbonyl (C=O) groups is 1. The number of hydrogen-bond acceptors (Lipinski definition) is 4. The Kier molecular flexibility index (Phi) is 7.85. The van der Waals surface area contributed by atoms with Gasteiger partial charge >= 0.3 is 0 Å². The van der Waals surface area contributed by atoms with Crippen LogP contribution in [-0.2, 0) is 10.4 Å². The third-order valence-electron chi connectivity index (χ3n) is 4.41. The van der Waals surface area contributed by atoms with E-state index in [0.717, 1.165) is 9.13 Å². The van der Waals surface area contributed by atoms with Crippen LogP contribution in [0.1, 0.15) is 16.7 Å². The van der Waals surface area contributed by atoms with Crippen LogP contribution < -0.4 is 10.2 Å². The average Bonchev–Trinajstić information content (AvgIpc) is 2.79. The molecule has 0 unspecified atom stereocenters. The van der Waals surface area contributed by atoms with Gasteiger partial charge in [0.05, 0.1) is 14.3 Å². The molecule has 3 rings (SSSR count). The minimum atomic E-state index is -1.89. The van der Waals surface area contributed by atoms with Crippen LogP contribution in [0.2, 0.25) is 0 Å². The van der Waals surface area contributed by atoms with E-state index in [1.807, 2.05) is 18.2 Å². The molecular formula is C24H18BrIN2O3. The van der Waals surface area contributed by atoms with Gasteiger partial charge in [0.2, 0.25) is 0 Å². The first-order chi connectivity index (χ1) is 15.0. The van der Waals surface area contributed by atoms with Crippen LogP contribution in [0, 0.1) is 15.9 Å². The first-order valence-electron chi connectivity index (χ1n) is 9.19. The van der Waals surface area contributed by atoms with E-state index in [1.165, 1.54) is 6.21 Å². The SMILES string of the molecule is C#CCOc1c(Br)cc(/C=N/NC(=O)C(O)(c2ccccc2)c2ccccc2)cc1I. The molecule has 0 heterocycles. The molecule has 0 aromatic heterocycles. The molecule has 0 bridgehead atoms. The zero-order valence-corrected chi connectivity index (χ0v) is 20.0. The second kappa shape index (κ2) is 10.6. The highest BCUT2D eigenvalue weighted by molar-refractivity contribution is 14.1. The van der Waals surface area contributed by atoms with Crippen LogP contribution in [0.15, 0.2) is 82.4 Å². The molecule has 0 aliphatic carbocycles. The molecule has 2 N–H and O–H groups in total. The Morgan fingerprint density at radius 3 is 2.26 bits per heavy atom. The van der Waals surface area contributed by atoms with E-state index in [4.69, 9.17) is 11.2 Å². The summed E-state index contributed by atoms with van der Waals surface area (Å²) >= 11 is 5.59. The smallest absolute Gasteiger partial charge is 0.281 e. The highest BCUT2D eigenvalue weighted by Gasteiger charge is 2.39. The van der Waals surface area contributed by atoms with E-state index in [2.05, 4.69) is 55.0 Å². The minimum Gasteiger partial charge on any atom is -0.479 e. The Morgan fingerprint density at radius 2 is 1.74 bits per heavy atom. The van der Waals surface area contributed by atoms with Crippen molar-refractivity contribution in [3.63, 3.8) is 0 Å². The highest BCUT2D eigenvalue weighted by atomic mass is 127. The molecule has 3 aromatic rings. The summed E-state index contributed by atoms with van der Waals surface area (Å²) in [5.74, 6) is 2.41. The van der Waals surface area contributed by atoms with Gasteiger partial charge in [0.1, 0.15) is 12.4 Å². The molecule has 7 heteroatoms. The first-order valence-corrected chi connectivity index (χ1v) is 11.1. The highest BCUT2D eigenvalue weighted by Crippen LogP contribution is 2.32. The fourth-order valence-electron chi connectivity index (χ4n) is 2.94. The van der Waals surface area contributed by atoms with Crippen molar-refractivity contribution in [1.82, 2.24) is 5.43 Å². The van der Waals surface area contributed by atoms with Gasteiger partial charge < -0.3 is 9.84 Å². The van der Waals surface area contributed by atoms with Crippen LogP contribution in [0.25, 0.3) is 0 Å². The summed E-state index contributed by atoms with van der Waals surface area (Å²) < 4.78 is 7.07. The van der Waals surface area contributed by atoms with Crippen molar-refractivity contribution in [2.45, 2.75) is 5.60 Å². The minimum absolute atomic E-state index is 0.162. The number of nitrogens with one attached hydrogen (secondary N) is 1. The molecule has 156 valence electrons. The van der Waals surface area contributed by atoms with E-state index in [9.17, 15) is 9.90 Å². The third-order valence-corrected chi connectivity index (χ3v) is 5.80. The summed E-state index contributed by atoms with van der Waals surface area (Å²) in [6, 6.07) is 21.1. The molecule has 0 spiro atoms. The summed E-state index contributed by atoms with van der Waals surface area (Å²) in [5, 5.41) is 15.5. The fourth-order valence-corrected chi connectivity index (χ4v) is 4.71. The van der Waals surface area contributed by atoms with Crippen molar-refractivity contribution >= 4 is 50.6 Å². The summed E-state index contributed by atoms with van der Waals surface area (Å²) in [4.78, 5) is 13.0. The van der Waals surface area contributed by atoms with Gasteiger partial charge in [-0.05, 0) is 67.3 Å². The van der Waals surface area contributed by atoms with Gasteiger partial charge in [0.25, 0.3) is 5.91 Å². The van der Waals surface area contributed by atoms with Crippen molar-refractivity contribution in [2.24, 2.45) is 5.10 Å². The Hall–Kier alpha value is -2.67. The average molecular weight is 589 g/mol. The van der Waals surface area contributed by atoms with E-state index in [1.54, 1.807) is 54.6 Å². The van der Waals surface area contributed by atoms with Crippen molar-refractivity contribution < 1.29 is 14.6 Å². The van der Waals surface area contributed by atoms with Crippen LogP contribution in [0.4, 0.5) is 0 Å². The number of hydrazone groups is 1. The molecule has 0 atom stereocenters. The normalized spacial score (nSPS) is 11.2. The van der Waals surface area contributed by atoms with Crippen LogP contribution in [-0.4, -0.2) is 23.8 Å². The summed E-state index contributed by atoms with van der Waals surface area (Å²) in [6.07, 6.45) is 6.74. The lowest BCUT2D eigenvalue weighted by Crippen LogP contribution is -2.43. The number of terminal acetylenes is 1. The number of aliphatic hydroxyl groups is 1. The van der Waals surface area contributed by atoms with Gasteiger partial charge in [-0.2, -0.15) is 5.10 Å². The molecule has 3 aromatic carbocycles. The largest absolute Gasteiger partial charge is 0.479 e. The van der Waals surface area contributed by atoms with Crippen molar-refractivity contribution in [1.29, 1.82) is 0 Å². The van der Waals surface area contributed by atoms with Crippen LogP contribution in [0.5, 0.6) is 5.75 Å². The monoisotopic (exact) mass is 588 g/mol. The molecule has 31 heavy (non-hydrogen) atoms. The number of amides is 1.